The van der Waals surface area contributed by atoms with Crippen molar-refractivity contribution in [2.45, 2.75) is 43.9 Å². The fraction of sp³-hybridized carbons (Fsp3) is 0.619. The van der Waals surface area contributed by atoms with E-state index in [1.807, 2.05) is 0 Å². The van der Waals surface area contributed by atoms with Crippen LogP contribution in [0, 0.1) is 17.6 Å². The molecule has 1 heterocycles. The predicted octanol–water partition coefficient (Wildman–Crippen LogP) is 3.86. The van der Waals surface area contributed by atoms with E-state index in [1.54, 1.807) is 7.05 Å². The van der Waals surface area contributed by atoms with Crippen LogP contribution in [0.4, 0.5) is 8.78 Å². The van der Waals surface area contributed by atoms with Crippen LogP contribution in [0.3, 0.4) is 0 Å². The molecule has 1 aliphatic carbocycles. The van der Waals surface area contributed by atoms with Gasteiger partial charge in [-0.25, -0.2) is 8.78 Å². The smallest absolute Gasteiger partial charge is 0.308 e. The Hall–Kier alpha value is -1.45. The lowest BCUT2D eigenvalue weighted by atomic mass is 9.78. The summed E-state index contributed by atoms with van der Waals surface area (Å²) in [7, 11) is 3.12. The summed E-state index contributed by atoms with van der Waals surface area (Å²) in [6.07, 6.45) is 4.83. The molecule has 1 saturated carbocycles. The second-order valence-corrected chi connectivity index (χ2v) is 7.77. The van der Waals surface area contributed by atoms with Gasteiger partial charge in [0.05, 0.1) is 13.0 Å². The maximum Gasteiger partial charge on any atom is 0.308 e. The highest BCUT2D eigenvalue weighted by atomic mass is 127. The largest absolute Gasteiger partial charge is 0.469 e. The van der Waals surface area contributed by atoms with Gasteiger partial charge in [0.15, 0.2) is 5.96 Å². The first-order valence-electron chi connectivity index (χ1n) is 9.98. The molecule has 1 aromatic carbocycles. The third kappa shape index (κ3) is 5.19. The van der Waals surface area contributed by atoms with E-state index in [0.717, 1.165) is 25.7 Å². The number of carbonyl (C=O) groups is 1. The molecule has 0 spiro atoms. The molecule has 1 aliphatic heterocycles. The van der Waals surface area contributed by atoms with Crippen LogP contribution in [-0.2, 0) is 14.9 Å². The summed E-state index contributed by atoms with van der Waals surface area (Å²) in [4.78, 5) is 18.2. The third-order valence-corrected chi connectivity index (χ3v) is 6.18. The van der Waals surface area contributed by atoms with Crippen LogP contribution >= 0.6 is 24.0 Å². The fourth-order valence-corrected chi connectivity index (χ4v) is 4.65. The minimum atomic E-state index is -0.560. The molecule has 1 saturated heterocycles. The molecule has 0 unspecified atom stereocenters. The lowest BCUT2D eigenvalue weighted by Gasteiger charge is -2.36. The van der Waals surface area contributed by atoms with Crippen molar-refractivity contribution in [3.8, 4) is 0 Å². The van der Waals surface area contributed by atoms with Gasteiger partial charge >= 0.3 is 5.97 Å². The lowest BCUT2D eigenvalue weighted by Crippen LogP contribution is -2.50. The van der Waals surface area contributed by atoms with Crippen molar-refractivity contribution < 1.29 is 18.3 Å². The van der Waals surface area contributed by atoms with E-state index in [1.165, 1.54) is 25.3 Å². The Morgan fingerprint density at radius 1 is 1.24 bits per heavy atom. The van der Waals surface area contributed by atoms with Crippen molar-refractivity contribution >= 4 is 35.9 Å². The van der Waals surface area contributed by atoms with Gasteiger partial charge in [-0.3, -0.25) is 9.79 Å². The number of halogens is 3. The van der Waals surface area contributed by atoms with E-state index in [4.69, 9.17) is 4.74 Å². The van der Waals surface area contributed by atoms with Gasteiger partial charge in [-0.1, -0.05) is 18.9 Å². The zero-order chi connectivity index (χ0) is 20.1. The quantitative estimate of drug-likeness (QED) is 0.283. The molecular weight excluding hydrogens is 491 g/mol. The van der Waals surface area contributed by atoms with Crippen molar-refractivity contribution in [3.05, 3.63) is 35.4 Å². The monoisotopic (exact) mass is 521 g/mol. The van der Waals surface area contributed by atoms with E-state index >= 15 is 0 Å². The molecule has 1 aromatic rings. The van der Waals surface area contributed by atoms with E-state index in [2.05, 4.69) is 15.2 Å². The summed E-state index contributed by atoms with van der Waals surface area (Å²) < 4.78 is 33.9. The van der Waals surface area contributed by atoms with Crippen LogP contribution in [0.1, 0.15) is 44.1 Å². The highest BCUT2D eigenvalue weighted by Crippen LogP contribution is 2.42. The van der Waals surface area contributed by atoms with Gasteiger partial charge < -0.3 is 15.0 Å². The van der Waals surface area contributed by atoms with Crippen LogP contribution in [0.5, 0.6) is 0 Å². The molecule has 2 aliphatic rings. The normalized spacial score (nSPS) is 19.6. The zero-order valence-corrected chi connectivity index (χ0v) is 19.4. The highest BCUT2D eigenvalue weighted by molar-refractivity contribution is 14.0. The number of guanidine groups is 1. The van der Waals surface area contributed by atoms with Crippen LogP contribution in [-0.4, -0.2) is 50.6 Å². The zero-order valence-electron chi connectivity index (χ0n) is 17.0. The van der Waals surface area contributed by atoms with Gasteiger partial charge in [0.1, 0.15) is 11.6 Å². The molecule has 5 nitrogen and oxygen atoms in total. The highest BCUT2D eigenvalue weighted by Gasteiger charge is 2.40. The number of likely N-dealkylation sites (tertiary alicyclic amines) is 1. The number of rotatable bonds is 4. The minimum absolute atomic E-state index is 0. The van der Waals surface area contributed by atoms with Crippen LogP contribution in [0.25, 0.3) is 0 Å². The van der Waals surface area contributed by atoms with Gasteiger partial charge in [0.2, 0.25) is 0 Å². The molecule has 0 amide bonds. The minimum Gasteiger partial charge on any atom is -0.469 e. The number of esters is 1. The van der Waals surface area contributed by atoms with Crippen LogP contribution in [0.2, 0.25) is 0 Å². The standard InChI is InChI=1S/C21H29F2N3O2.HI/c1-24-20(26-12-8-15(9-13-26)19(27)28-2)25-14-21(10-3-4-11-21)18-16(22)6-5-7-17(18)23;/h5-7,15H,3-4,8-14H2,1-2H3,(H,24,25);1H. The maximum atomic E-state index is 14.5. The van der Waals surface area contributed by atoms with Gasteiger partial charge in [-0.2, -0.15) is 0 Å². The Balaban J connectivity index is 0.00000300. The Labute approximate surface area is 188 Å². The molecule has 162 valence electrons. The molecule has 3 rings (SSSR count). The van der Waals surface area contributed by atoms with Gasteiger partial charge in [0.25, 0.3) is 0 Å². The van der Waals surface area contributed by atoms with E-state index in [-0.39, 0.29) is 41.4 Å². The van der Waals surface area contributed by atoms with E-state index in [0.29, 0.717) is 38.4 Å². The molecule has 0 radical (unpaired) electrons. The Kier molecular flexibility index (Phi) is 8.66. The number of nitrogens with one attached hydrogen (secondary N) is 1. The Morgan fingerprint density at radius 2 is 1.83 bits per heavy atom. The number of methoxy groups -OCH3 is 1. The number of nitrogens with zero attached hydrogens (tertiary/aromatic N) is 2. The fourth-order valence-electron chi connectivity index (χ4n) is 4.65. The summed E-state index contributed by atoms with van der Waals surface area (Å²) in [5, 5.41) is 3.36. The molecule has 0 aromatic heterocycles. The summed E-state index contributed by atoms with van der Waals surface area (Å²) in [6.45, 7) is 1.83. The topological polar surface area (TPSA) is 53.9 Å². The average Bonchev–Trinajstić information content (AvgIpc) is 3.17. The predicted molar refractivity (Wildman–Crippen MR) is 120 cm³/mol. The van der Waals surface area contributed by atoms with Crippen molar-refractivity contribution in [3.63, 3.8) is 0 Å². The van der Waals surface area contributed by atoms with Crippen molar-refractivity contribution in [2.24, 2.45) is 10.9 Å². The maximum absolute atomic E-state index is 14.5. The molecule has 29 heavy (non-hydrogen) atoms. The summed E-state index contributed by atoms with van der Waals surface area (Å²) in [5.74, 6) is -0.475. The van der Waals surface area contributed by atoms with Gasteiger partial charge in [0, 0.05) is 37.7 Å². The summed E-state index contributed by atoms with van der Waals surface area (Å²) >= 11 is 0. The number of aliphatic imine (C=N–C) groups is 1. The molecule has 0 bridgehead atoms. The summed E-state index contributed by atoms with van der Waals surface area (Å²) in [6, 6.07) is 4.09. The van der Waals surface area contributed by atoms with Crippen molar-refractivity contribution in [1.82, 2.24) is 10.2 Å². The van der Waals surface area contributed by atoms with Crippen molar-refractivity contribution in [2.75, 3.05) is 33.8 Å². The first-order valence-corrected chi connectivity index (χ1v) is 9.98. The average molecular weight is 521 g/mol. The number of ether oxygens (including phenoxy) is 1. The first kappa shape index (κ1) is 23.8. The summed E-state index contributed by atoms with van der Waals surface area (Å²) in [5.41, 5.74) is -0.366. The molecule has 8 heteroatoms. The Bertz CT molecular complexity index is 710. The number of hydrogen-bond acceptors (Lipinski definition) is 3. The second kappa shape index (κ2) is 10.5. The van der Waals surface area contributed by atoms with E-state index < -0.39 is 17.0 Å². The van der Waals surface area contributed by atoms with Crippen molar-refractivity contribution in [1.29, 1.82) is 0 Å². The van der Waals surface area contributed by atoms with E-state index in [9.17, 15) is 13.6 Å². The second-order valence-electron chi connectivity index (χ2n) is 7.77. The number of carbonyl (C=O) groups excluding carboxylic acids is 1. The number of benzene rings is 1. The SMILES string of the molecule is CN=C(NCC1(c2c(F)cccc2F)CCCC1)N1CCC(C(=O)OC)CC1.I. The molecule has 2 fully saturated rings. The first-order chi connectivity index (χ1) is 13.5. The van der Waals surface area contributed by atoms with Gasteiger partial charge in [-0.05, 0) is 37.8 Å². The van der Waals surface area contributed by atoms with Crippen LogP contribution in [0.15, 0.2) is 23.2 Å². The Morgan fingerprint density at radius 3 is 2.34 bits per heavy atom. The number of piperidine rings is 1. The third-order valence-electron chi connectivity index (χ3n) is 6.18. The molecular formula is C21H30F2IN3O2. The molecule has 0 atom stereocenters. The molecule has 1 N–H and O–H groups in total. The van der Waals surface area contributed by atoms with Gasteiger partial charge in [-0.15, -0.1) is 24.0 Å². The lowest BCUT2D eigenvalue weighted by molar-refractivity contribution is -0.146. The number of hydrogen-bond donors (Lipinski definition) is 1. The van der Waals surface area contributed by atoms with Crippen LogP contribution < -0.4 is 5.32 Å².